The number of nitrogens with zero attached hydrogens (tertiary/aromatic N) is 1. The van der Waals surface area contributed by atoms with Gasteiger partial charge >= 0.3 is 5.97 Å². The van der Waals surface area contributed by atoms with Gasteiger partial charge < -0.3 is 19.5 Å². The first-order chi connectivity index (χ1) is 13.8. The zero-order chi connectivity index (χ0) is 21.4. The molecule has 0 saturated heterocycles. The molecule has 0 heterocycles. The van der Waals surface area contributed by atoms with Crippen LogP contribution in [0.15, 0.2) is 42.5 Å². The standard InChI is InChI=1S/C21H20N2O6/c1-13(24)15-8-9-18(19(10-15)27-3)28-12-20(25)29-14(2)21(26)23-17-7-5-4-6-16(17)11-22/h4-10,14H,12H2,1-3H3,(H,23,26)/t14-/m1/s1. The number of methoxy groups -OCH3 is 1. The Balaban J connectivity index is 1.93. The number of esters is 1. The van der Waals surface area contributed by atoms with E-state index in [0.29, 0.717) is 22.6 Å². The lowest BCUT2D eigenvalue weighted by atomic mass is 10.1. The molecule has 1 atom stereocenters. The van der Waals surface area contributed by atoms with Crippen molar-refractivity contribution in [2.24, 2.45) is 0 Å². The van der Waals surface area contributed by atoms with E-state index in [1.165, 1.54) is 33.1 Å². The van der Waals surface area contributed by atoms with Crippen molar-refractivity contribution >= 4 is 23.3 Å². The Morgan fingerprint density at radius 2 is 1.86 bits per heavy atom. The Morgan fingerprint density at radius 1 is 1.14 bits per heavy atom. The normalized spacial score (nSPS) is 11.0. The first kappa shape index (κ1) is 21.4. The predicted molar refractivity (Wildman–Crippen MR) is 104 cm³/mol. The van der Waals surface area contributed by atoms with Crippen LogP contribution in [0.3, 0.4) is 0 Å². The average Bonchev–Trinajstić information content (AvgIpc) is 2.72. The highest BCUT2D eigenvalue weighted by Crippen LogP contribution is 2.28. The largest absolute Gasteiger partial charge is 0.493 e. The van der Waals surface area contributed by atoms with Crippen LogP contribution >= 0.6 is 0 Å². The van der Waals surface area contributed by atoms with Crippen molar-refractivity contribution in [3.05, 3.63) is 53.6 Å². The third kappa shape index (κ3) is 5.81. The highest BCUT2D eigenvalue weighted by Gasteiger charge is 2.20. The summed E-state index contributed by atoms with van der Waals surface area (Å²) in [6.45, 7) is 2.38. The molecular weight excluding hydrogens is 376 g/mol. The number of anilines is 1. The summed E-state index contributed by atoms with van der Waals surface area (Å²) in [6.07, 6.45) is -1.10. The van der Waals surface area contributed by atoms with Gasteiger partial charge in [-0.2, -0.15) is 5.26 Å². The van der Waals surface area contributed by atoms with Crippen LogP contribution in [0, 0.1) is 11.3 Å². The summed E-state index contributed by atoms with van der Waals surface area (Å²) in [4.78, 5) is 35.6. The molecule has 0 aliphatic rings. The first-order valence-electron chi connectivity index (χ1n) is 8.67. The van der Waals surface area contributed by atoms with Crippen molar-refractivity contribution in [3.8, 4) is 17.6 Å². The third-order valence-electron chi connectivity index (χ3n) is 3.90. The first-order valence-corrected chi connectivity index (χ1v) is 8.67. The number of ether oxygens (including phenoxy) is 3. The number of amides is 1. The Morgan fingerprint density at radius 3 is 2.52 bits per heavy atom. The summed E-state index contributed by atoms with van der Waals surface area (Å²) in [5.74, 6) is -0.922. The average molecular weight is 396 g/mol. The van der Waals surface area contributed by atoms with Crippen LogP contribution in [0.25, 0.3) is 0 Å². The van der Waals surface area contributed by atoms with E-state index in [1.807, 2.05) is 6.07 Å². The second kappa shape index (κ2) is 9.90. The number of carbonyl (C=O) groups excluding carboxylic acids is 3. The van der Waals surface area contributed by atoms with E-state index >= 15 is 0 Å². The molecule has 0 aromatic heterocycles. The molecule has 2 rings (SSSR count). The molecule has 2 aromatic rings. The number of hydrogen-bond acceptors (Lipinski definition) is 7. The van der Waals surface area contributed by atoms with Gasteiger partial charge in [-0.1, -0.05) is 12.1 Å². The van der Waals surface area contributed by atoms with Gasteiger partial charge in [0, 0.05) is 5.56 Å². The molecule has 8 heteroatoms. The van der Waals surface area contributed by atoms with Gasteiger partial charge in [0.2, 0.25) is 0 Å². The van der Waals surface area contributed by atoms with Crippen molar-refractivity contribution in [1.82, 2.24) is 0 Å². The maximum Gasteiger partial charge on any atom is 0.344 e. The zero-order valence-corrected chi connectivity index (χ0v) is 16.2. The summed E-state index contributed by atoms with van der Waals surface area (Å²) in [5.41, 5.74) is 1.07. The van der Waals surface area contributed by atoms with Crippen molar-refractivity contribution in [2.75, 3.05) is 19.0 Å². The number of nitriles is 1. The molecule has 0 spiro atoms. The maximum atomic E-state index is 12.2. The molecule has 0 unspecified atom stereocenters. The summed E-state index contributed by atoms with van der Waals surface area (Å²) in [7, 11) is 1.41. The highest BCUT2D eigenvalue weighted by molar-refractivity contribution is 5.96. The fourth-order valence-corrected chi connectivity index (χ4v) is 2.35. The Hall–Kier alpha value is -3.86. The number of carbonyl (C=O) groups is 3. The van der Waals surface area contributed by atoms with Crippen molar-refractivity contribution in [1.29, 1.82) is 5.26 Å². The summed E-state index contributed by atoms with van der Waals surface area (Å²) < 4.78 is 15.6. The molecule has 1 amide bonds. The lowest BCUT2D eigenvalue weighted by Crippen LogP contribution is -2.31. The molecule has 29 heavy (non-hydrogen) atoms. The Labute approximate surface area is 168 Å². The van der Waals surface area contributed by atoms with E-state index in [1.54, 1.807) is 30.3 Å². The number of nitrogens with one attached hydrogen (secondary N) is 1. The van der Waals surface area contributed by atoms with E-state index in [-0.39, 0.29) is 11.5 Å². The van der Waals surface area contributed by atoms with Crippen LogP contribution in [0.5, 0.6) is 11.5 Å². The number of hydrogen-bond donors (Lipinski definition) is 1. The van der Waals surface area contributed by atoms with Crippen LogP contribution in [0.1, 0.15) is 29.8 Å². The van der Waals surface area contributed by atoms with Crippen molar-refractivity contribution in [3.63, 3.8) is 0 Å². The highest BCUT2D eigenvalue weighted by atomic mass is 16.6. The van der Waals surface area contributed by atoms with E-state index < -0.39 is 24.6 Å². The van der Waals surface area contributed by atoms with Crippen LogP contribution in [-0.4, -0.2) is 37.5 Å². The smallest absolute Gasteiger partial charge is 0.344 e. The second-order valence-corrected chi connectivity index (χ2v) is 5.99. The fourth-order valence-electron chi connectivity index (χ4n) is 2.35. The van der Waals surface area contributed by atoms with Gasteiger partial charge in [0.1, 0.15) is 6.07 Å². The number of benzene rings is 2. The van der Waals surface area contributed by atoms with Crippen molar-refractivity contribution in [2.45, 2.75) is 20.0 Å². The summed E-state index contributed by atoms with van der Waals surface area (Å²) in [5, 5.41) is 11.6. The molecule has 0 aliphatic carbocycles. The quantitative estimate of drug-likeness (QED) is 0.539. The minimum Gasteiger partial charge on any atom is -0.493 e. The molecular formula is C21H20N2O6. The van der Waals surface area contributed by atoms with Gasteiger partial charge in [0.25, 0.3) is 5.91 Å². The predicted octanol–water partition coefficient (Wildman–Crippen LogP) is 2.72. The van der Waals surface area contributed by atoms with E-state index in [2.05, 4.69) is 5.32 Å². The molecule has 0 bridgehead atoms. The van der Waals surface area contributed by atoms with Gasteiger partial charge in [0.15, 0.2) is 30.0 Å². The van der Waals surface area contributed by atoms with Gasteiger partial charge in [-0.05, 0) is 44.2 Å². The topological polar surface area (TPSA) is 115 Å². The second-order valence-electron chi connectivity index (χ2n) is 5.99. The molecule has 8 nitrogen and oxygen atoms in total. The Kier molecular flexibility index (Phi) is 7.32. The molecule has 2 aromatic carbocycles. The third-order valence-corrected chi connectivity index (χ3v) is 3.90. The molecule has 0 fully saturated rings. The van der Waals surface area contributed by atoms with Gasteiger partial charge in [-0.25, -0.2) is 4.79 Å². The number of rotatable bonds is 8. The van der Waals surface area contributed by atoms with Gasteiger partial charge in [0.05, 0.1) is 18.4 Å². The maximum absolute atomic E-state index is 12.2. The molecule has 0 radical (unpaired) electrons. The lowest BCUT2D eigenvalue weighted by molar-refractivity contribution is -0.155. The summed E-state index contributed by atoms with van der Waals surface area (Å²) in [6, 6.07) is 13.0. The van der Waals surface area contributed by atoms with E-state index in [9.17, 15) is 14.4 Å². The molecule has 150 valence electrons. The minimum atomic E-state index is -1.10. The zero-order valence-electron chi connectivity index (χ0n) is 16.2. The minimum absolute atomic E-state index is 0.132. The Bertz CT molecular complexity index is 964. The van der Waals surface area contributed by atoms with Crippen molar-refractivity contribution < 1.29 is 28.6 Å². The lowest BCUT2D eigenvalue weighted by Gasteiger charge is -2.15. The van der Waals surface area contributed by atoms with Crippen LogP contribution < -0.4 is 14.8 Å². The van der Waals surface area contributed by atoms with Gasteiger partial charge in [-0.3, -0.25) is 9.59 Å². The van der Waals surface area contributed by atoms with E-state index in [4.69, 9.17) is 19.5 Å². The number of ketones is 1. The monoisotopic (exact) mass is 396 g/mol. The van der Waals surface area contributed by atoms with Crippen LogP contribution in [0.2, 0.25) is 0 Å². The molecule has 0 saturated carbocycles. The van der Waals surface area contributed by atoms with Gasteiger partial charge in [-0.15, -0.1) is 0 Å². The molecule has 1 N–H and O–H groups in total. The van der Waals surface area contributed by atoms with Crippen LogP contribution in [0.4, 0.5) is 5.69 Å². The number of para-hydroxylation sites is 1. The molecule has 0 aliphatic heterocycles. The van der Waals surface area contributed by atoms with Crippen LogP contribution in [-0.2, 0) is 14.3 Å². The van der Waals surface area contributed by atoms with E-state index in [0.717, 1.165) is 0 Å². The fraction of sp³-hybridized carbons (Fsp3) is 0.238. The SMILES string of the molecule is COc1cc(C(C)=O)ccc1OCC(=O)O[C@H](C)C(=O)Nc1ccccc1C#N. The summed E-state index contributed by atoms with van der Waals surface area (Å²) >= 11 is 0. The number of Topliss-reactive ketones (excluding diaryl/α,β-unsaturated/α-hetero) is 1.